The van der Waals surface area contributed by atoms with Crippen LogP contribution < -0.4 is 5.32 Å². The van der Waals surface area contributed by atoms with E-state index in [4.69, 9.17) is 0 Å². The summed E-state index contributed by atoms with van der Waals surface area (Å²) in [5.41, 5.74) is 5.71. The number of benzene rings is 2. The van der Waals surface area contributed by atoms with E-state index in [0.717, 1.165) is 19.5 Å². The summed E-state index contributed by atoms with van der Waals surface area (Å²) in [5.74, 6) is 0. The smallest absolute Gasteiger partial charge is 0.0840 e. The maximum Gasteiger partial charge on any atom is 0.0840 e. The minimum atomic E-state index is 0.454. The lowest BCUT2D eigenvalue weighted by Crippen LogP contribution is -2.35. The highest BCUT2D eigenvalue weighted by atomic mass is 15.3. The fraction of sp³-hybridized carbons (Fsp3) is 0.250. The molecule has 1 atom stereocenters. The van der Waals surface area contributed by atoms with E-state index in [9.17, 15) is 0 Å². The summed E-state index contributed by atoms with van der Waals surface area (Å²) >= 11 is 0. The van der Waals surface area contributed by atoms with Gasteiger partial charge in [0, 0.05) is 25.2 Å². The van der Waals surface area contributed by atoms with Crippen molar-refractivity contribution in [3.8, 4) is 0 Å². The molecular formula is C16H16N2. The van der Waals surface area contributed by atoms with Crippen LogP contribution in [0.25, 0.3) is 0 Å². The largest absolute Gasteiger partial charge is 0.369 e. The molecule has 0 saturated carbocycles. The molecule has 2 aliphatic rings. The molecule has 0 spiro atoms. The van der Waals surface area contributed by atoms with Crippen LogP contribution in [-0.2, 0) is 19.5 Å². The van der Waals surface area contributed by atoms with Gasteiger partial charge in [0.05, 0.1) is 6.17 Å². The van der Waals surface area contributed by atoms with Crippen molar-refractivity contribution in [1.29, 1.82) is 0 Å². The van der Waals surface area contributed by atoms with E-state index >= 15 is 0 Å². The number of rotatable bonds is 1. The molecule has 90 valence electrons. The normalized spacial score (nSPS) is 21.4. The maximum absolute atomic E-state index is 3.64. The zero-order valence-corrected chi connectivity index (χ0v) is 10.3. The Morgan fingerprint density at radius 2 is 1.44 bits per heavy atom. The molecule has 2 aromatic carbocycles. The lowest BCUT2D eigenvalue weighted by atomic mass is 10.1. The average molecular weight is 236 g/mol. The van der Waals surface area contributed by atoms with Gasteiger partial charge in [-0.25, -0.2) is 0 Å². The SMILES string of the molecule is c1ccc2c(c1)CN(C1Cc3ccccc3N1)C2. The molecule has 2 aromatic rings. The van der Waals surface area contributed by atoms with Crippen molar-refractivity contribution in [3.63, 3.8) is 0 Å². The number of nitrogens with zero attached hydrogens (tertiary/aromatic N) is 1. The van der Waals surface area contributed by atoms with Gasteiger partial charge < -0.3 is 5.32 Å². The molecule has 0 aromatic heterocycles. The fourth-order valence-corrected chi connectivity index (χ4v) is 3.08. The van der Waals surface area contributed by atoms with Gasteiger partial charge in [-0.3, -0.25) is 4.90 Å². The van der Waals surface area contributed by atoms with Gasteiger partial charge in [-0.1, -0.05) is 42.5 Å². The van der Waals surface area contributed by atoms with Crippen LogP contribution in [0.5, 0.6) is 0 Å². The number of hydrogen-bond acceptors (Lipinski definition) is 2. The molecule has 0 aliphatic carbocycles. The number of anilines is 1. The Bertz CT molecular complexity index is 488. The number of nitrogens with one attached hydrogen (secondary N) is 1. The van der Waals surface area contributed by atoms with Crippen molar-refractivity contribution in [2.24, 2.45) is 0 Å². The summed E-state index contributed by atoms with van der Waals surface area (Å²) in [7, 11) is 0. The molecule has 0 fully saturated rings. The second-order valence-electron chi connectivity index (χ2n) is 5.20. The third kappa shape index (κ3) is 1.53. The van der Waals surface area contributed by atoms with Crippen molar-refractivity contribution in [1.82, 2.24) is 4.90 Å². The van der Waals surface area contributed by atoms with Crippen molar-refractivity contribution < 1.29 is 0 Å². The Labute approximate surface area is 107 Å². The van der Waals surface area contributed by atoms with Crippen LogP contribution in [0.15, 0.2) is 48.5 Å². The topological polar surface area (TPSA) is 15.3 Å². The summed E-state index contributed by atoms with van der Waals surface area (Å²) in [6.07, 6.45) is 1.57. The van der Waals surface area contributed by atoms with E-state index in [1.807, 2.05) is 0 Å². The molecule has 1 N–H and O–H groups in total. The molecule has 2 heterocycles. The Hall–Kier alpha value is -1.80. The average Bonchev–Trinajstić information content (AvgIpc) is 3.02. The number of hydrogen-bond donors (Lipinski definition) is 1. The third-order valence-corrected chi connectivity index (χ3v) is 4.06. The quantitative estimate of drug-likeness (QED) is 0.819. The van der Waals surface area contributed by atoms with Crippen LogP contribution >= 0.6 is 0 Å². The minimum Gasteiger partial charge on any atom is -0.369 e. The van der Waals surface area contributed by atoms with Crippen LogP contribution in [0.2, 0.25) is 0 Å². The summed E-state index contributed by atoms with van der Waals surface area (Å²) in [6.45, 7) is 2.14. The fourth-order valence-electron chi connectivity index (χ4n) is 3.08. The third-order valence-electron chi connectivity index (χ3n) is 4.06. The van der Waals surface area contributed by atoms with E-state index in [1.165, 1.54) is 22.4 Å². The van der Waals surface area contributed by atoms with E-state index in [1.54, 1.807) is 0 Å². The lowest BCUT2D eigenvalue weighted by molar-refractivity contribution is 0.224. The predicted octanol–water partition coefficient (Wildman–Crippen LogP) is 3.00. The highest BCUT2D eigenvalue weighted by molar-refractivity contribution is 5.56. The molecule has 0 amide bonds. The van der Waals surface area contributed by atoms with Gasteiger partial charge >= 0.3 is 0 Å². The van der Waals surface area contributed by atoms with E-state index in [2.05, 4.69) is 58.7 Å². The molecule has 2 aliphatic heterocycles. The Balaban J connectivity index is 1.56. The van der Waals surface area contributed by atoms with E-state index in [-0.39, 0.29) is 0 Å². The van der Waals surface area contributed by atoms with E-state index < -0.39 is 0 Å². The highest BCUT2D eigenvalue weighted by Gasteiger charge is 2.29. The van der Waals surface area contributed by atoms with Gasteiger partial charge in [-0.05, 0) is 22.8 Å². The zero-order valence-electron chi connectivity index (χ0n) is 10.3. The monoisotopic (exact) mass is 236 g/mol. The molecule has 0 saturated heterocycles. The zero-order chi connectivity index (χ0) is 11.9. The first-order chi connectivity index (χ1) is 8.90. The number of para-hydroxylation sites is 1. The van der Waals surface area contributed by atoms with Crippen molar-refractivity contribution >= 4 is 5.69 Å². The summed E-state index contributed by atoms with van der Waals surface area (Å²) in [4.78, 5) is 2.53. The first-order valence-electron chi connectivity index (χ1n) is 6.55. The Kier molecular flexibility index (Phi) is 2.17. The standard InChI is InChI=1S/C16H16N2/c1-2-7-14-11-18(10-13(14)6-1)16-9-12-5-3-4-8-15(12)17-16/h1-8,16-17H,9-11H2. The van der Waals surface area contributed by atoms with Crippen LogP contribution in [0, 0.1) is 0 Å². The minimum absolute atomic E-state index is 0.454. The first kappa shape index (κ1) is 10.2. The summed E-state index contributed by atoms with van der Waals surface area (Å²) in [6, 6.07) is 17.4. The van der Waals surface area contributed by atoms with Gasteiger partial charge in [0.25, 0.3) is 0 Å². The lowest BCUT2D eigenvalue weighted by Gasteiger charge is -2.23. The maximum atomic E-state index is 3.64. The van der Waals surface area contributed by atoms with Crippen LogP contribution in [0.3, 0.4) is 0 Å². The first-order valence-corrected chi connectivity index (χ1v) is 6.55. The van der Waals surface area contributed by atoms with Gasteiger partial charge in [0.15, 0.2) is 0 Å². The second kappa shape index (κ2) is 3.85. The predicted molar refractivity (Wildman–Crippen MR) is 73.2 cm³/mol. The molecule has 2 heteroatoms. The molecule has 0 radical (unpaired) electrons. The van der Waals surface area contributed by atoms with Crippen molar-refractivity contribution in [2.45, 2.75) is 25.7 Å². The second-order valence-corrected chi connectivity index (χ2v) is 5.20. The van der Waals surface area contributed by atoms with E-state index in [0.29, 0.717) is 6.17 Å². The Morgan fingerprint density at radius 1 is 0.833 bits per heavy atom. The van der Waals surface area contributed by atoms with Crippen LogP contribution in [0.4, 0.5) is 5.69 Å². The van der Waals surface area contributed by atoms with Gasteiger partial charge in [0.1, 0.15) is 0 Å². The molecule has 18 heavy (non-hydrogen) atoms. The Morgan fingerprint density at radius 3 is 2.11 bits per heavy atom. The molecule has 0 bridgehead atoms. The van der Waals surface area contributed by atoms with Gasteiger partial charge in [0.2, 0.25) is 0 Å². The molecule has 4 rings (SSSR count). The highest BCUT2D eigenvalue weighted by Crippen LogP contribution is 2.31. The summed E-state index contributed by atoms with van der Waals surface area (Å²) in [5, 5.41) is 3.64. The molecule has 2 nitrogen and oxygen atoms in total. The molecular weight excluding hydrogens is 220 g/mol. The van der Waals surface area contributed by atoms with Gasteiger partial charge in [-0.2, -0.15) is 0 Å². The van der Waals surface area contributed by atoms with Crippen LogP contribution in [-0.4, -0.2) is 11.1 Å². The van der Waals surface area contributed by atoms with Crippen LogP contribution in [0.1, 0.15) is 16.7 Å². The number of fused-ring (bicyclic) bond motifs is 2. The van der Waals surface area contributed by atoms with Gasteiger partial charge in [-0.15, -0.1) is 0 Å². The van der Waals surface area contributed by atoms with Crippen molar-refractivity contribution in [3.05, 3.63) is 65.2 Å². The van der Waals surface area contributed by atoms with Crippen molar-refractivity contribution in [2.75, 3.05) is 5.32 Å². The summed E-state index contributed by atoms with van der Waals surface area (Å²) < 4.78 is 0. The molecule has 1 unspecified atom stereocenters.